The lowest BCUT2D eigenvalue weighted by Crippen LogP contribution is -2.13. The molecule has 0 radical (unpaired) electrons. The molecule has 5 nitrogen and oxygen atoms in total. The molecule has 0 aliphatic rings. The third-order valence-electron chi connectivity index (χ3n) is 4.01. The van der Waals surface area contributed by atoms with E-state index >= 15 is 0 Å². The predicted molar refractivity (Wildman–Crippen MR) is 109 cm³/mol. The average molecular weight is 380 g/mol. The van der Waals surface area contributed by atoms with Gasteiger partial charge in [0, 0.05) is 11.8 Å². The molecule has 2 N–H and O–H groups in total. The highest BCUT2D eigenvalue weighted by molar-refractivity contribution is 7.92. The number of aliphatic imine (C=N–C) groups is 1. The van der Waals surface area contributed by atoms with Crippen molar-refractivity contribution < 1.29 is 13.5 Å². The molecular formula is C21H20N2O3S. The van der Waals surface area contributed by atoms with Crippen molar-refractivity contribution in [3.63, 3.8) is 0 Å². The van der Waals surface area contributed by atoms with Gasteiger partial charge in [-0.1, -0.05) is 41.5 Å². The molecule has 3 rings (SSSR count). The first-order valence-corrected chi connectivity index (χ1v) is 9.86. The van der Waals surface area contributed by atoms with Crippen LogP contribution in [0.15, 0.2) is 76.6 Å². The second-order valence-electron chi connectivity index (χ2n) is 6.26. The number of aromatic hydroxyl groups is 1. The number of nitrogens with one attached hydrogen (secondary N) is 1. The van der Waals surface area contributed by atoms with Crippen LogP contribution in [-0.4, -0.2) is 19.7 Å². The van der Waals surface area contributed by atoms with Crippen LogP contribution in [0.1, 0.15) is 16.7 Å². The summed E-state index contributed by atoms with van der Waals surface area (Å²) < 4.78 is 27.9. The number of phenols is 1. The van der Waals surface area contributed by atoms with Gasteiger partial charge in [-0.15, -0.1) is 0 Å². The van der Waals surface area contributed by atoms with Crippen LogP contribution in [0.5, 0.6) is 5.75 Å². The van der Waals surface area contributed by atoms with Crippen molar-refractivity contribution in [1.29, 1.82) is 0 Å². The van der Waals surface area contributed by atoms with Gasteiger partial charge in [-0.05, 0) is 50.2 Å². The van der Waals surface area contributed by atoms with E-state index in [2.05, 4.69) is 9.71 Å². The lowest BCUT2D eigenvalue weighted by Gasteiger charge is -2.10. The highest BCUT2D eigenvalue weighted by Crippen LogP contribution is 2.27. The molecule has 0 heterocycles. The lowest BCUT2D eigenvalue weighted by molar-refractivity contribution is 0.474. The van der Waals surface area contributed by atoms with Crippen LogP contribution < -0.4 is 4.72 Å². The maximum Gasteiger partial charge on any atom is 0.261 e. The second kappa shape index (κ2) is 7.63. The summed E-state index contributed by atoms with van der Waals surface area (Å²) in [5.74, 6) is 0.113. The van der Waals surface area contributed by atoms with Gasteiger partial charge < -0.3 is 5.11 Å². The van der Waals surface area contributed by atoms with Gasteiger partial charge >= 0.3 is 0 Å². The first-order valence-electron chi connectivity index (χ1n) is 8.37. The van der Waals surface area contributed by atoms with Crippen LogP contribution in [0, 0.1) is 13.8 Å². The quantitative estimate of drug-likeness (QED) is 0.637. The van der Waals surface area contributed by atoms with E-state index in [0.29, 0.717) is 16.9 Å². The number of nitrogens with zero attached hydrogens (tertiary/aromatic N) is 1. The fourth-order valence-electron chi connectivity index (χ4n) is 2.51. The first-order chi connectivity index (χ1) is 12.8. The van der Waals surface area contributed by atoms with Crippen molar-refractivity contribution >= 4 is 27.6 Å². The predicted octanol–water partition coefficient (Wildman–Crippen LogP) is 4.56. The number of hydrogen-bond donors (Lipinski definition) is 2. The second-order valence-corrected chi connectivity index (χ2v) is 7.94. The lowest BCUT2D eigenvalue weighted by atomic mass is 10.1. The molecule has 0 saturated heterocycles. The third-order valence-corrected chi connectivity index (χ3v) is 5.39. The number of phenolic OH excluding ortho intramolecular Hbond substituents is 1. The van der Waals surface area contributed by atoms with E-state index in [-0.39, 0.29) is 10.6 Å². The topological polar surface area (TPSA) is 78.8 Å². The van der Waals surface area contributed by atoms with Gasteiger partial charge in [-0.3, -0.25) is 9.71 Å². The number of aryl methyl sites for hydroxylation is 2. The van der Waals surface area contributed by atoms with Gasteiger partial charge in [0.1, 0.15) is 5.75 Å². The summed E-state index contributed by atoms with van der Waals surface area (Å²) in [6.07, 6.45) is 1.52. The molecule has 0 spiro atoms. The van der Waals surface area contributed by atoms with E-state index in [1.54, 1.807) is 66.7 Å². The van der Waals surface area contributed by atoms with Gasteiger partial charge in [0.05, 0.1) is 16.3 Å². The molecule has 0 bridgehead atoms. The number of para-hydroxylation sites is 2. The highest BCUT2D eigenvalue weighted by atomic mass is 32.2. The van der Waals surface area contributed by atoms with Crippen LogP contribution in [0.25, 0.3) is 0 Å². The molecule has 6 heteroatoms. The van der Waals surface area contributed by atoms with Crippen LogP contribution in [0.3, 0.4) is 0 Å². The Morgan fingerprint density at radius 3 is 2.33 bits per heavy atom. The van der Waals surface area contributed by atoms with Crippen molar-refractivity contribution in [3.05, 3.63) is 83.4 Å². The van der Waals surface area contributed by atoms with Gasteiger partial charge in [-0.2, -0.15) is 0 Å². The Hall–Kier alpha value is -3.12. The standard InChI is InChI=1S/C21H20N2O3S/c1-15-7-10-18(11-8-15)27(25,26)23-20-6-4-3-5-19(20)22-14-17-13-16(2)9-12-21(17)24/h3-14,23-24H,1-2H3. The summed E-state index contributed by atoms with van der Waals surface area (Å²) in [6.45, 7) is 3.81. The molecule has 0 atom stereocenters. The van der Waals surface area contributed by atoms with E-state index in [1.165, 1.54) is 6.21 Å². The molecule has 138 valence electrons. The summed E-state index contributed by atoms with van der Waals surface area (Å²) in [4.78, 5) is 4.54. The van der Waals surface area contributed by atoms with E-state index in [0.717, 1.165) is 11.1 Å². The minimum atomic E-state index is -3.72. The summed E-state index contributed by atoms with van der Waals surface area (Å²) in [5, 5.41) is 9.94. The Morgan fingerprint density at radius 2 is 1.59 bits per heavy atom. The highest BCUT2D eigenvalue weighted by Gasteiger charge is 2.15. The van der Waals surface area contributed by atoms with Crippen molar-refractivity contribution in [2.45, 2.75) is 18.7 Å². The van der Waals surface area contributed by atoms with E-state index < -0.39 is 10.0 Å². The minimum absolute atomic E-state index is 0.113. The van der Waals surface area contributed by atoms with Crippen molar-refractivity contribution in [2.24, 2.45) is 4.99 Å². The van der Waals surface area contributed by atoms with Crippen LogP contribution in [-0.2, 0) is 10.0 Å². The van der Waals surface area contributed by atoms with Gasteiger partial charge in [0.25, 0.3) is 10.0 Å². The number of hydrogen-bond acceptors (Lipinski definition) is 4. The van der Waals surface area contributed by atoms with Crippen molar-refractivity contribution in [3.8, 4) is 5.75 Å². The fraction of sp³-hybridized carbons (Fsp3) is 0.0952. The maximum atomic E-state index is 12.6. The summed E-state index contributed by atoms with van der Waals surface area (Å²) in [7, 11) is -3.72. The zero-order valence-electron chi connectivity index (χ0n) is 15.0. The van der Waals surface area contributed by atoms with Crippen LogP contribution >= 0.6 is 0 Å². The number of sulfonamides is 1. The SMILES string of the molecule is Cc1ccc(S(=O)(=O)Nc2ccccc2N=Cc2cc(C)ccc2O)cc1. The van der Waals surface area contributed by atoms with E-state index in [1.807, 2.05) is 13.8 Å². The summed E-state index contributed by atoms with van der Waals surface area (Å²) >= 11 is 0. The molecule has 3 aromatic rings. The third kappa shape index (κ3) is 4.54. The Labute approximate surface area is 159 Å². The van der Waals surface area contributed by atoms with Gasteiger partial charge in [-0.25, -0.2) is 8.42 Å². The molecule has 0 fully saturated rings. The van der Waals surface area contributed by atoms with E-state index in [4.69, 9.17) is 0 Å². The smallest absolute Gasteiger partial charge is 0.261 e. The molecule has 0 unspecified atom stereocenters. The Kier molecular flexibility index (Phi) is 5.28. The first kappa shape index (κ1) is 18.7. The molecule has 3 aromatic carbocycles. The zero-order chi connectivity index (χ0) is 19.4. The normalized spacial score (nSPS) is 11.6. The van der Waals surface area contributed by atoms with Crippen LogP contribution in [0.4, 0.5) is 11.4 Å². The Balaban J connectivity index is 1.91. The average Bonchev–Trinajstić information content (AvgIpc) is 2.63. The zero-order valence-corrected chi connectivity index (χ0v) is 15.9. The van der Waals surface area contributed by atoms with Crippen LogP contribution in [0.2, 0.25) is 0 Å². The molecule has 0 saturated carbocycles. The molecule has 27 heavy (non-hydrogen) atoms. The maximum absolute atomic E-state index is 12.6. The molecule has 0 aromatic heterocycles. The largest absolute Gasteiger partial charge is 0.507 e. The van der Waals surface area contributed by atoms with Crippen molar-refractivity contribution in [1.82, 2.24) is 0 Å². The monoisotopic (exact) mass is 380 g/mol. The molecular weight excluding hydrogens is 360 g/mol. The van der Waals surface area contributed by atoms with Crippen molar-refractivity contribution in [2.75, 3.05) is 4.72 Å². The number of rotatable bonds is 5. The number of benzene rings is 3. The summed E-state index contributed by atoms with van der Waals surface area (Å²) in [5.41, 5.74) is 3.35. The Morgan fingerprint density at radius 1 is 0.926 bits per heavy atom. The van der Waals surface area contributed by atoms with E-state index in [9.17, 15) is 13.5 Å². The molecule has 0 aliphatic heterocycles. The number of anilines is 1. The molecule has 0 aliphatic carbocycles. The Bertz CT molecular complexity index is 1090. The van der Waals surface area contributed by atoms with Gasteiger partial charge in [0.15, 0.2) is 0 Å². The fourth-order valence-corrected chi connectivity index (χ4v) is 3.58. The summed E-state index contributed by atoms with van der Waals surface area (Å²) in [6, 6.07) is 18.7. The minimum Gasteiger partial charge on any atom is -0.507 e. The van der Waals surface area contributed by atoms with Gasteiger partial charge in [0.2, 0.25) is 0 Å². The molecule has 0 amide bonds.